The van der Waals surface area contributed by atoms with Crippen molar-refractivity contribution in [1.82, 2.24) is 0 Å². The van der Waals surface area contributed by atoms with Gasteiger partial charge in [0.05, 0.1) is 12.2 Å². The van der Waals surface area contributed by atoms with E-state index in [1.807, 2.05) is 13.8 Å². The van der Waals surface area contributed by atoms with Crippen LogP contribution < -0.4 is 0 Å². The fourth-order valence-electron chi connectivity index (χ4n) is 1.46. The summed E-state index contributed by atoms with van der Waals surface area (Å²) >= 11 is 0. The maximum absolute atomic E-state index is 11.5. The monoisotopic (exact) mass is 190 g/mol. The number of rotatable bonds is 2. The first-order valence-corrected chi connectivity index (χ1v) is 6.54. The molecular weight excluding hydrogens is 172 g/mol. The molecule has 0 aliphatic carbocycles. The third kappa shape index (κ3) is 3.15. The lowest BCUT2D eigenvalue weighted by atomic mass is 10.2. The zero-order valence-electron chi connectivity index (χ0n) is 7.91. The van der Waals surface area contributed by atoms with E-state index in [1.165, 1.54) is 0 Å². The third-order valence-electron chi connectivity index (χ3n) is 2.09. The average Bonchev–Trinajstić information content (AvgIpc) is 1.93. The number of hydrogen-bond donors (Lipinski definition) is 0. The smallest absolute Gasteiger partial charge is 0.0595 e. The van der Waals surface area contributed by atoms with Crippen molar-refractivity contribution in [2.45, 2.75) is 38.9 Å². The molecule has 0 spiro atoms. The second-order valence-electron chi connectivity index (χ2n) is 3.76. The lowest BCUT2D eigenvalue weighted by molar-refractivity contribution is 0.00345. The van der Waals surface area contributed by atoms with E-state index < -0.39 is 9.52 Å². The van der Waals surface area contributed by atoms with Gasteiger partial charge in [-0.25, -0.2) is 0 Å². The van der Waals surface area contributed by atoms with Gasteiger partial charge in [-0.2, -0.15) is 0 Å². The van der Waals surface area contributed by atoms with Gasteiger partial charge in [-0.1, -0.05) is 0 Å². The summed E-state index contributed by atoms with van der Waals surface area (Å²) in [5.74, 6) is 5.20. The van der Waals surface area contributed by atoms with E-state index in [0.29, 0.717) is 6.10 Å². The Balaban J connectivity index is 2.36. The minimum Gasteiger partial charge on any atom is -0.376 e. The summed E-state index contributed by atoms with van der Waals surface area (Å²) in [5, 5.41) is 0. The summed E-state index contributed by atoms with van der Waals surface area (Å²) in [5.41, 5.74) is 0. The Bertz CT molecular complexity index is 215. The molecule has 0 aromatic carbocycles. The van der Waals surface area contributed by atoms with Gasteiger partial charge in [0.1, 0.15) is 0 Å². The quantitative estimate of drug-likeness (QED) is 0.613. The maximum Gasteiger partial charge on any atom is 0.0595 e. The highest BCUT2D eigenvalue weighted by Crippen LogP contribution is 2.16. The van der Waals surface area contributed by atoms with Gasteiger partial charge in [-0.15, -0.1) is 0 Å². The molecule has 1 aliphatic rings. The minimum atomic E-state index is -1.73. The molecule has 1 saturated heterocycles. The predicted octanol–water partition coefficient (Wildman–Crippen LogP) is 1.29. The summed E-state index contributed by atoms with van der Waals surface area (Å²) in [6, 6.07) is 0. The summed E-state index contributed by atoms with van der Waals surface area (Å²) < 4.78 is 17.1. The van der Waals surface area contributed by atoms with Gasteiger partial charge in [0.2, 0.25) is 0 Å². The third-order valence-corrected chi connectivity index (χ3v) is 4.05. The molecule has 12 heavy (non-hydrogen) atoms. The van der Waals surface area contributed by atoms with Crippen molar-refractivity contribution < 1.29 is 8.95 Å². The predicted molar refractivity (Wildman–Crippen MR) is 54.2 cm³/mol. The van der Waals surface area contributed by atoms with Gasteiger partial charge in [0.25, 0.3) is 0 Å². The highest BCUT2D eigenvalue weighted by Gasteiger charge is 2.20. The highest BCUT2D eigenvalue weighted by atomic mass is 32.2. The Labute approximate surface area is 75.3 Å². The zero-order valence-corrected chi connectivity index (χ0v) is 8.73. The van der Waals surface area contributed by atoms with Crippen LogP contribution in [-0.2, 0) is 14.3 Å². The molecular formula is C9H18O2S. The molecule has 72 valence electrons. The molecule has 3 heteroatoms. The Hall–Kier alpha value is -0.0200. The average molecular weight is 190 g/mol. The molecule has 1 rings (SSSR count). The molecule has 0 bridgehead atoms. The van der Waals surface area contributed by atoms with Crippen LogP contribution in [0.5, 0.6) is 0 Å². The van der Waals surface area contributed by atoms with Crippen LogP contribution in [0.15, 0.2) is 0 Å². The van der Waals surface area contributed by atoms with Crippen LogP contribution >= 0.6 is 0 Å². The molecule has 0 amide bonds. The van der Waals surface area contributed by atoms with Gasteiger partial charge < -0.3 is 4.74 Å². The SMILES string of the molecule is C=S1(=O)CCC(OC(C)C)CC1. The minimum absolute atomic E-state index is 0.286. The van der Waals surface area contributed by atoms with Crippen LogP contribution in [0.4, 0.5) is 0 Å². The molecule has 0 aromatic heterocycles. The van der Waals surface area contributed by atoms with Crippen LogP contribution in [0.2, 0.25) is 0 Å². The largest absolute Gasteiger partial charge is 0.376 e. The van der Waals surface area contributed by atoms with E-state index in [4.69, 9.17) is 4.74 Å². The molecule has 0 radical (unpaired) electrons. The van der Waals surface area contributed by atoms with Crippen molar-refractivity contribution in [3.05, 3.63) is 0 Å². The topological polar surface area (TPSA) is 26.3 Å². The van der Waals surface area contributed by atoms with E-state index in [9.17, 15) is 4.21 Å². The first kappa shape index (κ1) is 10.1. The Morgan fingerprint density at radius 3 is 2.33 bits per heavy atom. The van der Waals surface area contributed by atoms with Crippen molar-refractivity contribution in [3.63, 3.8) is 0 Å². The van der Waals surface area contributed by atoms with Crippen LogP contribution in [0.1, 0.15) is 26.7 Å². The van der Waals surface area contributed by atoms with Gasteiger partial charge in [-0.3, -0.25) is 4.21 Å². The van der Waals surface area contributed by atoms with Crippen LogP contribution in [0.3, 0.4) is 0 Å². The Morgan fingerprint density at radius 2 is 1.92 bits per heavy atom. The van der Waals surface area contributed by atoms with E-state index in [-0.39, 0.29) is 6.10 Å². The summed E-state index contributed by atoms with van der Waals surface area (Å²) in [6.07, 6.45) is 2.44. The summed E-state index contributed by atoms with van der Waals surface area (Å²) in [7, 11) is -1.73. The molecule has 1 heterocycles. The normalized spacial score (nSPS) is 37.1. The van der Waals surface area contributed by atoms with Crippen molar-refractivity contribution in [2.24, 2.45) is 0 Å². The van der Waals surface area contributed by atoms with E-state index in [1.54, 1.807) is 0 Å². The number of hydrogen-bond acceptors (Lipinski definition) is 2. The summed E-state index contributed by atoms with van der Waals surface area (Å²) in [6.45, 7) is 4.08. The Kier molecular flexibility index (Phi) is 3.18. The maximum atomic E-state index is 11.5. The lowest BCUT2D eigenvalue weighted by Gasteiger charge is -2.26. The van der Waals surface area contributed by atoms with Gasteiger partial charge in [0, 0.05) is 11.5 Å². The second kappa shape index (κ2) is 3.79. The first-order chi connectivity index (χ1) is 5.49. The molecule has 0 unspecified atom stereocenters. The van der Waals surface area contributed by atoms with Crippen molar-refractivity contribution in [1.29, 1.82) is 0 Å². The fraction of sp³-hybridized carbons (Fsp3) is 0.889. The first-order valence-electron chi connectivity index (χ1n) is 4.48. The van der Waals surface area contributed by atoms with Crippen molar-refractivity contribution in [3.8, 4) is 0 Å². The molecule has 2 nitrogen and oxygen atoms in total. The number of ether oxygens (including phenoxy) is 1. The van der Waals surface area contributed by atoms with E-state index in [0.717, 1.165) is 24.3 Å². The van der Waals surface area contributed by atoms with Gasteiger partial charge >= 0.3 is 0 Å². The highest BCUT2D eigenvalue weighted by molar-refractivity contribution is 8.00. The second-order valence-corrected chi connectivity index (χ2v) is 6.51. The van der Waals surface area contributed by atoms with E-state index in [2.05, 4.69) is 5.87 Å². The van der Waals surface area contributed by atoms with E-state index >= 15 is 0 Å². The fourth-order valence-corrected chi connectivity index (χ4v) is 3.05. The van der Waals surface area contributed by atoms with Gasteiger partial charge in [-0.05, 0) is 42.1 Å². The van der Waals surface area contributed by atoms with Crippen LogP contribution in [-0.4, -0.2) is 33.8 Å². The molecule has 0 saturated carbocycles. The van der Waals surface area contributed by atoms with Crippen LogP contribution in [0.25, 0.3) is 0 Å². The lowest BCUT2D eigenvalue weighted by Crippen LogP contribution is -2.30. The molecule has 1 fully saturated rings. The molecule has 0 aromatic rings. The molecule has 1 aliphatic heterocycles. The summed E-state index contributed by atoms with van der Waals surface area (Å²) in [4.78, 5) is 0. The zero-order chi connectivity index (χ0) is 9.19. The van der Waals surface area contributed by atoms with Crippen molar-refractivity contribution in [2.75, 3.05) is 11.5 Å². The Morgan fingerprint density at radius 1 is 1.42 bits per heavy atom. The standard InChI is InChI=1S/C9H18O2S/c1-8(2)11-9-4-6-12(3,10)7-5-9/h8-9H,3-7H2,1-2H3. The molecule has 0 N–H and O–H groups in total. The molecule has 0 atom stereocenters. The van der Waals surface area contributed by atoms with Gasteiger partial charge in [0.15, 0.2) is 0 Å². The van der Waals surface area contributed by atoms with Crippen molar-refractivity contribution >= 4 is 15.4 Å². The van der Waals surface area contributed by atoms with Crippen LogP contribution in [0, 0.1) is 0 Å².